The summed E-state index contributed by atoms with van der Waals surface area (Å²) in [6.45, 7) is 0. The Hall–Kier alpha value is -1.17. The first-order valence-electron chi connectivity index (χ1n) is 4.83. The zero-order valence-electron chi connectivity index (χ0n) is 9.06. The lowest BCUT2D eigenvalue weighted by Gasteiger charge is -2.17. The van der Waals surface area contributed by atoms with Crippen LogP contribution in [0, 0.1) is 5.82 Å². The second kappa shape index (κ2) is 5.95. The van der Waals surface area contributed by atoms with E-state index >= 15 is 0 Å². The van der Waals surface area contributed by atoms with E-state index in [0.717, 1.165) is 6.07 Å². The van der Waals surface area contributed by atoms with Crippen molar-refractivity contribution in [3.63, 3.8) is 0 Å². The van der Waals surface area contributed by atoms with Gasteiger partial charge < -0.3 is 14.9 Å². The van der Waals surface area contributed by atoms with Crippen molar-refractivity contribution in [1.29, 1.82) is 0 Å². The molecule has 0 saturated heterocycles. The quantitative estimate of drug-likeness (QED) is 0.806. The average molecular weight is 263 g/mol. The highest BCUT2D eigenvalue weighted by Gasteiger charge is 2.22. The summed E-state index contributed by atoms with van der Waals surface area (Å²) in [4.78, 5) is 10.9. The van der Waals surface area contributed by atoms with Crippen molar-refractivity contribution >= 4 is 17.6 Å². The number of methoxy groups -OCH3 is 1. The fraction of sp³-hybridized carbons (Fsp3) is 0.364. The Morgan fingerprint density at radius 3 is 2.71 bits per heavy atom. The minimum Gasteiger partial charge on any atom is -0.469 e. The lowest BCUT2D eigenvalue weighted by atomic mass is 10.0. The van der Waals surface area contributed by atoms with Crippen LogP contribution < -0.4 is 0 Å². The summed E-state index contributed by atoms with van der Waals surface area (Å²) >= 11 is 5.54. The first kappa shape index (κ1) is 13.9. The molecule has 1 rings (SSSR count). The molecule has 0 aliphatic rings. The van der Waals surface area contributed by atoms with Crippen LogP contribution in [0.25, 0.3) is 0 Å². The topological polar surface area (TPSA) is 66.8 Å². The Labute approximate surface area is 103 Å². The predicted octanol–water partition coefficient (Wildman–Crippen LogP) is 1.44. The van der Waals surface area contributed by atoms with E-state index in [1.165, 1.54) is 19.2 Å². The van der Waals surface area contributed by atoms with E-state index in [-0.39, 0.29) is 17.0 Å². The van der Waals surface area contributed by atoms with E-state index in [1.807, 2.05) is 0 Å². The number of hydrogen-bond donors (Lipinski definition) is 2. The number of aliphatic hydroxyl groups is 2. The van der Waals surface area contributed by atoms with Crippen molar-refractivity contribution in [2.24, 2.45) is 0 Å². The van der Waals surface area contributed by atoms with Gasteiger partial charge in [-0.2, -0.15) is 0 Å². The van der Waals surface area contributed by atoms with Crippen LogP contribution in [0.4, 0.5) is 4.39 Å². The highest BCUT2D eigenvalue weighted by molar-refractivity contribution is 6.30. The first-order chi connectivity index (χ1) is 7.95. The third-order valence-corrected chi connectivity index (χ3v) is 2.54. The molecule has 0 fully saturated rings. The average Bonchev–Trinajstić information content (AvgIpc) is 2.31. The molecule has 2 N–H and O–H groups in total. The lowest BCUT2D eigenvalue weighted by molar-refractivity contribution is -0.144. The molecule has 0 saturated carbocycles. The fourth-order valence-electron chi connectivity index (χ4n) is 1.28. The summed E-state index contributed by atoms with van der Waals surface area (Å²) < 4.78 is 17.2. The number of aliphatic hydroxyl groups excluding tert-OH is 2. The molecular weight excluding hydrogens is 251 g/mol. The number of hydrogen-bond acceptors (Lipinski definition) is 4. The van der Waals surface area contributed by atoms with Gasteiger partial charge in [-0.05, 0) is 17.7 Å². The standard InChI is InChI=1S/C11H12ClFO4/c1-17-10(15)5-9(14)11(16)6-2-3-8(13)7(12)4-6/h2-4,9,11,14,16H,5H2,1H3. The van der Waals surface area contributed by atoms with Gasteiger partial charge in [0.15, 0.2) is 0 Å². The molecule has 0 aliphatic heterocycles. The molecule has 0 radical (unpaired) electrons. The second-order valence-electron chi connectivity index (χ2n) is 3.47. The molecule has 0 aromatic heterocycles. The van der Waals surface area contributed by atoms with Gasteiger partial charge in [-0.25, -0.2) is 4.39 Å². The van der Waals surface area contributed by atoms with E-state index in [9.17, 15) is 19.4 Å². The maximum atomic E-state index is 12.9. The maximum absolute atomic E-state index is 12.9. The molecule has 0 heterocycles. The van der Waals surface area contributed by atoms with Crippen LogP contribution in [-0.2, 0) is 9.53 Å². The molecule has 1 aromatic carbocycles. The number of carbonyl (C=O) groups is 1. The molecule has 0 spiro atoms. The number of halogens is 2. The van der Waals surface area contributed by atoms with Crippen molar-refractivity contribution in [3.05, 3.63) is 34.6 Å². The van der Waals surface area contributed by atoms with Crippen molar-refractivity contribution in [2.45, 2.75) is 18.6 Å². The largest absolute Gasteiger partial charge is 0.469 e. The van der Waals surface area contributed by atoms with Crippen LogP contribution in [0.2, 0.25) is 5.02 Å². The second-order valence-corrected chi connectivity index (χ2v) is 3.87. The van der Waals surface area contributed by atoms with Crippen LogP contribution >= 0.6 is 11.6 Å². The van der Waals surface area contributed by atoms with Gasteiger partial charge in [0.25, 0.3) is 0 Å². The molecule has 2 unspecified atom stereocenters. The predicted molar refractivity (Wildman–Crippen MR) is 59.0 cm³/mol. The zero-order chi connectivity index (χ0) is 13.0. The number of rotatable bonds is 4. The van der Waals surface area contributed by atoms with Gasteiger partial charge in [0.2, 0.25) is 0 Å². The Bertz CT molecular complexity index is 410. The van der Waals surface area contributed by atoms with E-state index in [2.05, 4.69) is 4.74 Å². The SMILES string of the molecule is COC(=O)CC(O)C(O)c1ccc(F)c(Cl)c1. The van der Waals surface area contributed by atoms with Crippen LogP contribution in [0.3, 0.4) is 0 Å². The highest BCUT2D eigenvalue weighted by Crippen LogP contribution is 2.24. The van der Waals surface area contributed by atoms with Crippen molar-refractivity contribution in [3.8, 4) is 0 Å². The molecule has 0 bridgehead atoms. The minimum absolute atomic E-state index is 0.160. The van der Waals surface area contributed by atoms with E-state index in [1.54, 1.807) is 0 Å². The number of carbonyl (C=O) groups excluding carboxylic acids is 1. The van der Waals surface area contributed by atoms with Gasteiger partial charge in [-0.1, -0.05) is 17.7 Å². The minimum atomic E-state index is -1.33. The fourth-order valence-corrected chi connectivity index (χ4v) is 1.47. The van der Waals surface area contributed by atoms with Gasteiger partial charge in [-0.3, -0.25) is 4.79 Å². The lowest BCUT2D eigenvalue weighted by Crippen LogP contribution is -2.22. The van der Waals surface area contributed by atoms with Gasteiger partial charge in [0.05, 0.1) is 24.7 Å². The van der Waals surface area contributed by atoms with Gasteiger partial charge >= 0.3 is 5.97 Å². The molecule has 0 aliphatic carbocycles. The van der Waals surface area contributed by atoms with E-state index in [0.29, 0.717) is 0 Å². The number of benzene rings is 1. The smallest absolute Gasteiger partial charge is 0.308 e. The summed E-state index contributed by atoms with van der Waals surface area (Å²) in [5.74, 6) is -1.27. The number of esters is 1. The van der Waals surface area contributed by atoms with Crippen molar-refractivity contribution in [1.82, 2.24) is 0 Å². The molecular formula is C11H12ClFO4. The third kappa shape index (κ3) is 3.66. The van der Waals surface area contributed by atoms with Crippen LogP contribution in [-0.4, -0.2) is 29.4 Å². The summed E-state index contributed by atoms with van der Waals surface area (Å²) in [5.41, 5.74) is 0.229. The van der Waals surface area contributed by atoms with Crippen LogP contribution in [0.1, 0.15) is 18.1 Å². The maximum Gasteiger partial charge on any atom is 0.308 e. The Morgan fingerprint density at radius 2 is 2.18 bits per heavy atom. The van der Waals surface area contributed by atoms with Gasteiger partial charge in [0.1, 0.15) is 11.9 Å². The van der Waals surface area contributed by atoms with Crippen molar-refractivity contribution < 1.29 is 24.1 Å². The Balaban J connectivity index is 2.77. The van der Waals surface area contributed by atoms with E-state index in [4.69, 9.17) is 11.6 Å². The number of ether oxygens (including phenoxy) is 1. The van der Waals surface area contributed by atoms with Crippen molar-refractivity contribution in [2.75, 3.05) is 7.11 Å². The molecule has 94 valence electrons. The third-order valence-electron chi connectivity index (χ3n) is 2.25. The molecule has 17 heavy (non-hydrogen) atoms. The first-order valence-corrected chi connectivity index (χ1v) is 5.21. The summed E-state index contributed by atoms with van der Waals surface area (Å²) in [5, 5.41) is 19.1. The van der Waals surface area contributed by atoms with Crippen LogP contribution in [0.5, 0.6) is 0 Å². The summed E-state index contributed by atoms with van der Waals surface area (Å²) in [7, 11) is 1.18. The molecule has 2 atom stereocenters. The summed E-state index contributed by atoms with van der Waals surface area (Å²) in [6, 6.07) is 3.56. The van der Waals surface area contributed by atoms with Crippen LogP contribution in [0.15, 0.2) is 18.2 Å². The molecule has 0 amide bonds. The highest BCUT2D eigenvalue weighted by atomic mass is 35.5. The normalized spacial score (nSPS) is 14.2. The monoisotopic (exact) mass is 262 g/mol. The Kier molecular flexibility index (Phi) is 4.86. The summed E-state index contributed by atoms with van der Waals surface area (Å²) in [6.07, 6.45) is -3.01. The molecule has 1 aromatic rings. The van der Waals surface area contributed by atoms with Gasteiger partial charge in [-0.15, -0.1) is 0 Å². The Morgan fingerprint density at radius 1 is 1.53 bits per heavy atom. The van der Waals surface area contributed by atoms with E-state index < -0.39 is 24.0 Å². The molecule has 4 nitrogen and oxygen atoms in total. The molecule has 6 heteroatoms. The zero-order valence-corrected chi connectivity index (χ0v) is 9.82. The van der Waals surface area contributed by atoms with Gasteiger partial charge in [0, 0.05) is 0 Å².